The highest BCUT2D eigenvalue weighted by molar-refractivity contribution is 6.30. The van der Waals surface area contributed by atoms with Crippen molar-refractivity contribution in [1.29, 1.82) is 0 Å². The third-order valence-corrected chi connectivity index (χ3v) is 5.21. The van der Waals surface area contributed by atoms with Crippen LogP contribution in [0.5, 0.6) is 0 Å². The van der Waals surface area contributed by atoms with Gasteiger partial charge in [-0.2, -0.15) is 5.10 Å². The Morgan fingerprint density at radius 3 is 2.47 bits per heavy atom. The molecular weight excluding hydrogens is 394 g/mol. The maximum absolute atomic E-state index is 12.1. The van der Waals surface area contributed by atoms with Gasteiger partial charge in [0.1, 0.15) is 0 Å². The molecule has 0 aliphatic rings. The normalized spacial score (nSPS) is 11.2. The summed E-state index contributed by atoms with van der Waals surface area (Å²) in [5.74, 6) is -0.0972. The Labute approximate surface area is 180 Å². The second kappa shape index (κ2) is 9.42. The zero-order chi connectivity index (χ0) is 20.8. The molecule has 0 saturated heterocycles. The van der Waals surface area contributed by atoms with Crippen LogP contribution in [0.4, 0.5) is 0 Å². The van der Waals surface area contributed by atoms with Gasteiger partial charge in [-0.1, -0.05) is 72.3 Å². The van der Waals surface area contributed by atoms with Gasteiger partial charge in [0.25, 0.3) is 0 Å². The fourth-order valence-electron chi connectivity index (χ4n) is 3.43. The Bertz CT molecular complexity index is 1160. The van der Waals surface area contributed by atoms with Crippen LogP contribution in [0, 0.1) is 0 Å². The molecule has 1 N–H and O–H groups in total. The molecule has 3 aromatic carbocycles. The van der Waals surface area contributed by atoms with E-state index in [2.05, 4.69) is 33.4 Å². The van der Waals surface area contributed by atoms with E-state index in [1.807, 2.05) is 66.7 Å². The van der Waals surface area contributed by atoms with E-state index >= 15 is 0 Å². The Balaban J connectivity index is 1.44. The number of hydrazone groups is 1. The number of nitrogens with one attached hydrogen (secondary N) is 1. The smallest absolute Gasteiger partial charge is 0.240 e. The van der Waals surface area contributed by atoms with E-state index in [1.165, 1.54) is 0 Å². The van der Waals surface area contributed by atoms with E-state index in [-0.39, 0.29) is 5.91 Å². The summed E-state index contributed by atoms with van der Waals surface area (Å²) in [7, 11) is 0. The second-order valence-electron chi connectivity index (χ2n) is 7.13. The lowest BCUT2D eigenvalue weighted by Gasteiger charge is -2.05. The van der Waals surface area contributed by atoms with Gasteiger partial charge in [-0.05, 0) is 35.7 Å². The number of halogens is 1. The molecule has 0 spiro atoms. The highest BCUT2D eigenvalue weighted by atomic mass is 35.5. The topological polar surface area (TPSA) is 46.4 Å². The molecule has 0 saturated carbocycles. The lowest BCUT2D eigenvalue weighted by Crippen LogP contribution is -2.17. The predicted molar refractivity (Wildman–Crippen MR) is 123 cm³/mol. The molecular formula is C25H22ClN3O. The first kappa shape index (κ1) is 19.9. The summed E-state index contributed by atoms with van der Waals surface area (Å²) in [5.41, 5.74) is 7.02. The lowest BCUT2D eigenvalue weighted by molar-refractivity contribution is -0.121. The number of aryl methyl sites for hydroxylation is 1. The van der Waals surface area contributed by atoms with Crippen LogP contribution >= 0.6 is 11.6 Å². The summed E-state index contributed by atoms with van der Waals surface area (Å²) in [4.78, 5) is 12.1. The minimum absolute atomic E-state index is 0.0972. The number of fused-ring (bicyclic) bond motifs is 1. The molecule has 0 aliphatic carbocycles. The molecule has 0 radical (unpaired) electrons. The third-order valence-electron chi connectivity index (χ3n) is 4.96. The van der Waals surface area contributed by atoms with Gasteiger partial charge >= 0.3 is 0 Å². The van der Waals surface area contributed by atoms with Crippen molar-refractivity contribution in [3.05, 3.63) is 107 Å². The molecule has 0 aliphatic heterocycles. The number of carbonyl (C=O) groups excluding carboxylic acids is 1. The van der Waals surface area contributed by atoms with Crippen molar-refractivity contribution in [2.75, 3.05) is 0 Å². The van der Waals surface area contributed by atoms with Crippen LogP contribution in [0.2, 0.25) is 5.02 Å². The molecule has 1 amide bonds. The van der Waals surface area contributed by atoms with E-state index in [4.69, 9.17) is 11.6 Å². The zero-order valence-electron chi connectivity index (χ0n) is 16.5. The van der Waals surface area contributed by atoms with Crippen molar-refractivity contribution < 1.29 is 4.79 Å². The highest BCUT2D eigenvalue weighted by Crippen LogP contribution is 2.21. The molecule has 30 heavy (non-hydrogen) atoms. The molecule has 150 valence electrons. The maximum Gasteiger partial charge on any atom is 0.240 e. The van der Waals surface area contributed by atoms with Crippen molar-refractivity contribution in [2.45, 2.75) is 19.4 Å². The fourth-order valence-corrected chi connectivity index (χ4v) is 3.55. The van der Waals surface area contributed by atoms with Gasteiger partial charge in [-0.25, -0.2) is 5.43 Å². The number of benzene rings is 3. The third kappa shape index (κ3) is 4.97. The van der Waals surface area contributed by atoms with E-state index in [0.717, 1.165) is 39.2 Å². The Morgan fingerprint density at radius 2 is 1.67 bits per heavy atom. The van der Waals surface area contributed by atoms with Crippen LogP contribution in [-0.4, -0.2) is 16.7 Å². The first-order valence-corrected chi connectivity index (χ1v) is 10.2. The first-order valence-electron chi connectivity index (χ1n) is 9.87. The largest absolute Gasteiger partial charge is 0.342 e. The molecule has 4 rings (SSSR count). The van der Waals surface area contributed by atoms with Gasteiger partial charge in [0.2, 0.25) is 5.91 Å². The van der Waals surface area contributed by atoms with Crippen LogP contribution in [0.25, 0.3) is 10.9 Å². The standard InChI is InChI=1S/C25H22ClN3O/c26-22-13-10-20(11-14-22)17-29-18-21(23-8-4-5-9-24(23)29)16-27-28-25(30)15-12-19-6-2-1-3-7-19/h1-11,13-14,16,18H,12,15,17H2,(H,28,30)/b27-16-. The second-order valence-corrected chi connectivity index (χ2v) is 7.57. The summed E-state index contributed by atoms with van der Waals surface area (Å²) in [5, 5.41) is 6.00. The van der Waals surface area contributed by atoms with E-state index in [0.29, 0.717) is 12.8 Å². The van der Waals surface area contributed by atoms with Crippen LogP contribution in [0.15, 0.2) is 90.2 Å². The lowest BCUT2D eigenvalue weighted by atomic mass is 10.1. The van der Waals surface area contributed by atoms with E-state index in [1.54, 1.807) is 6.21 Å². The van der Waals surface area contributed by atoms with Crippen molar-refractivity contribution in [3.8, 4) is 0 Å². The first-order chi connectivity index (χ1) is 14.7. The number of hydrogen-bond donors (Lipinski definition) is 1. The van der Waals surface area contributed by atoms with Crippen molar-refractivity contribution in [2.24, 2.45) is 5.10 Å². The average Bonchev–Trinajstić information content (AvgIpc) is 3.12. The van der Waals surface area contributed by atoms with Gasteiger partial charge in [0.05, 0.1) is 6.21 Å². The van der Waals surface area contributed by atoms with Gasteiger partial charge in [-0.3, -0.25) is 4.79 Å². The Morgan fingerprint density at radius 1 is 0.933 bits per heavy atom. The SMILES string of the molecule is O=C(CCc1ccccc1)N/N=C\c1cn(Cc2ccc(Cl)cc2)c2ccccc12. The van der Waals surface area contributed by atoms with Crippen LogP contribution in [-0.2, 0) is 17.8 Å². The van der Waals surface area contributed by atoms with Gasteiger partial charge in [0, 0.05) is 40.7 Å². The van der Waals surface area contributed by atoms with E-state index in [9.17, 15) is 4.79 Å². The Hall–Kier alpha value is -3.37. The molecule has 1 aromatic heterocycles. The molecule has 0 fully saturated rings. The zero-order valence-corrected chi connectivity index (χ0v) is 17.2. The molecule has 1 heterocycles. The number of hydrogen-bond acceptors (Lipinski definition) is 2. The summed E-state index contributed by atoms with van der Waals surface area (Å²) >= 11 is 6.00. The quantitative estimate of drug-likeness (QED) is 0.317. The maximum atomic E-state index is 12.1. The number of nitrogens with zero attached hydrogens (tertiary/aromatic N) is 2. The number of amides is 1. The monoisotopic (exact) mass is 415 g/mol. The molecule has 0 bridgehead atoms. The van der Waals surface area contributed by atoms with Gasteiger partial charge in [0.15, 0.2) is 0 Å². The van der Waals surface area contributed by atoms with Crippen LogP contribution < -0.4 is 5.43 Å². The number of para-hydroxylation sites is 1. The summed E-state index contributed by atoms with van der Waals surface area (Å²) in [6.45, 7) is 0.731. The molecule has 4 nitrogen and oxygen atoms in total. The minimum atomic E-state index is -0.0972. The molecule has 5 heteroatoms. The fraction of sp³-hybridized carbons (Fsp3) is 0.120. The van der Waals surface area contributed by atoms with Crippen LogP contribution in [0.1, 0.15) is 23.1 Å². The van der Waals surface area contributed by atoms with Crippen molar-refractivity contribution in [3.63, 3.8) is 0 Å². The summed E-state index contributed by atoms with van der Waals surface area (Å²) < 4.78 is 2.18. The number of aromatic nitrogens is 1. The van der Waals surface area contributed by atoms with Crippen LogP contribution in [0.3, 0.4) is 0 Å². The summed E-state index contributed by atoms with van der Waals surface area (Å²) in [6, 6.07) is 26.0. The van der Waals surface area contributed by atoms with Gasteiger partial charge in [-0.15, -0.1) is 0 Å². The van der Waals surface area contributed by atoms with Gasteiger partial charge < -0.3 is 4.57 Å². The molecule has 0 unspecified atom stereocenters. The number of carbonyl (C=O) groups is 1. The van der Waals surface area contributed by atoms with E-state index < -0.39 is 0 Å². The average molecular weight is 416 g/mol. The highest BCUT2D eigenvalue weighted by Gasteiger charge is 2.07. The minimum Gasteiger partial charge on any atom is -0.342 e. The number of rotatable bonds is 7. The van der Waals surface area contributed by atoms with Crippen molar-refractivity contribution >= 4 is 34.6 Å². The Kier molecular flexibility index (Phi) is 6.26. The molecule has 4 aromatic rings. The predicted octanol–water partition coefficient (Wildman–Crippen LogP) is 5.43. The molecule has 0 atom stereocenters. The summed E-state index contributed by atoms with van der Waals surface area (Å²) in [6.07, 6.45) is 4.86. The van der Waals surface area contributed by atoms with Crippen molar-refractivity contribution in [1.82, 2.24) is 9.99 Å².